The quantitative estimate of drug-likeness (QED) is 0.259. The maximum absolute atomic E-state index is 13.2. The van der Waals surface area contributed by atoms with Gasteiger partial charge in [0.25, 0.3) is 5.91 Å². The molecule has 40 heavy (non-hydrogen) atoms. The predicted molar refractivity (Wildman–Crippen MR) is 155 cm³/mol. The summed E-state index contributed by atoms with van der Waals surface area (Å²) in [6.07, 6.45) is 6.59. The molecule has 2 aliphatic carbocycles. The molecule has 216 valence electrons. The molecule has 8 nitrogen and oxygen atoms in total. The lowest BCUT2D eigenvalue weighted by Crippen LogP contribution is -2.38. The fourth-order valence-electron chi connectivity index (χ4n) is 5.46. The van der Waals surface area contributed by atoms with E-state index in [0.717, 1.165) is 43.6 Å². The number of amides is 3. The van der Waals surface area contributed by atoms with Gasteiger partial charge >= 0.3 is 12.0 Å². The second-order valence-electron chi connectivity index (χ2n) is 12.4. The van der Waals surface area contributed by atoms with Crippen molar-refractivity contribution in [2.45, 2.75) is 71.8 Å². The van der Waals surface area contributed by atoms with Crippen LogP contribution in [0.5, 0.6) is 5.75 Å². The number of carboxylic acids is 1. The lowest BCUT2D eigenvalue weighted by Gasteiger charge is -2.39. The first kappa shape index (κ1) is 29.4. The molecule has 2 aliphatic rings. The maximum atomic E-state index is 13.2. The highest BCUT2D eigenvalue weighted by Crippen LogP contribution is 2.43. The smallest absolute Gasteiger partial charge is 0.319 e. The molecule has 1 atom stereocenters. The number of nitrogens with one attached hydrogen (secondary N) is 3. The van der Waals surface area contributed by atoms with Crippen molar-refractivity contribution in [1.82, 2.24) is 10.6 Å². The van der Waals surface area contributed by atoms with Crippen LogP contribution in [0.3, 0.4) is 0 Å². The fraction of sp³-hybridized carbons (Fsp3) is 0.531. The van der Waals surface area contributed by atoms with Crippen molar-refractivity contribution in [3.8, 4) is 5.75 Å². The third-order valence-electron chi connectivity index (χ3n) is 8.21. The van der Waals surface area contributed by atoms with Crippen LogP contribution in [0.2, 0.25) is 0 Å². The molecule has 0 saturated heterocycles. The van der Waals surface area contributed by atoms with Gasteiger partial charge in [-0.05, 0) is 104 Å². The standard InChI is InChI=1S/C32H43N3O5/c1-32(2,3)25-12-10-23(11-13-25)29(22-6-8-24(9-7-22)30(38)33-19-18-28(36)37)35-31(39)34-26-14-16-27(17-15-26)40-20-21-4-5-21/h6-9,14-17,21,23,25,29H,4-5,10-13,18-20H2,1-3H3,(H,33,38)(H,36,37)(H2,34,35,39)/t23-,25-,29?. The number of carbonyl (C=O) groups is 3. The van der Waals surface area contributed by atoms with E-state index in [1.165, 1.54) is 12.8 Å². The van der Waals surface area contributed by atoms with Crippen LogP contribution < -0.4 is 20.7 Å². The van der Waals surface area contributed by atoms with Crippen molar-refractivity contribution < 1.29 is 24.2 Å². The number of anilines is 1. The number of rotatable bonds is 11. The molecule has 2 fully saturated rings. The van der Waals surface area contributed by atoms with E-state index in [1.54, 1.807) is 12.1 Å². The predicted octanol–water partition coefficient (Wildman–Crippen LogP) is 6.40. The van der Waals surface area contributed by atoms with Crippen molar-refractivity contribution in [1.29, 1.82) is 0 Å². The average molecular weight is 550 g/mol. The second-order valence-corrected chi connectivity index (χ2v) is 12.4. The summed E-state index contributed by atoms with van der Waals surface area (Å²) in [5, 5.41) is 17.6. The van der Waals surface area contributed by atoms with Crippen LogP contribution in [0.1, 0.15) is 87.7 Å². The molecule has 4 rings (SSSR count). The van der Waals surface area contributed by atoms with Gasteiger partial charge in [-0.3, -0.25) is 9.59 Å². The van der Waals surface area contributed by atoms with Crippen LogP contribution in [0, 0.1) is 23.2 Å². The summed E-state index contributed by atoms with van der Waals surface area (Å²) in [7, 11) is 0. The van der Waals surface area contributed by atoms with Gasteiger partial charge in [0.05, 0.1) is 19.1 Å². The summed E-state index contributed by atoms with van der Waals surface area (Å²) in [6.45, 7) is 7.71. The average Bonchev–Trinajstić information content (AvgIpc) is 3.75. The Morgan fingerprint density at radius 1 is 0.925 bits per heavy atom. The normalized spacial score (nSPS) is 19.8. The number of hydrogen-bond donors (Lipinski definition) is 4. The van der Waals surface area contributed by atoms with Gasteiger partial charge in [0.2, 0.25) is 0 Å². The summed E-state index contributed by atoms with van der Waals surface area (Å²) in [5.74, 6) is 1.14. The SMILES string of the molecule is CC(C)(C)[C@H]1CC[C@H](C(NC(=O)Nc2ccc(OCC3CC3)cc2)c2ccc(C(=O)NCCC(=O)O)cc2)CC1. The van der Waals surface area contributed by atoms with Gasteiger partial charge in [0, 0.05) is 17.8 Å². The van der Waals surface area contributed by atoms with Crippen LogP contribution in [-0.2, 0) is 4.79 Å². The molecule has 8 heteroatoms. The molecule has 2 aromatic carbocycles. The Kier molecular flexibility index (Phi) is 9.71. The molecule has 0 aliphatic heterocycles. The Hall–Kier alpha value is -3.55. The van der Waals surface area contributed by atoms with E-state index in [-0.39, 0.29) is 42.3 Å². The first-order valence-electron chi connectivity index (χ1n) is 14.5. The number of urea groups is 1. The number of carbonyl (C=O) groups excluding carboxylic acids is 2. The molecule has 0 aromatic heterocycles. The third-order valence-corrected chi connectivity index (χ3v) is 8.21. The van der Waals surface area contributed by atoms with Gasteiger partial charge in [-0.1, -0.05) is 32.9 Å². The van der Waals surface area contributed by atoms with E-state index in [1.807, 2.05) is 36.4 Å². The van der Waals surface area contributed by atoms with Gasteiger partial charge < -0.3 is 25.8 Å². The summed E-state index contributed by atoms with van der Waals surface area (Å²) in [6, 6.07) is 14.2. The highest BCUT2D eigenvalue weighted by molar-refractivity contribution is 5.94. The lowest BCUT2D eigenvalue weighted by atomic mass is 9.68. The summed E-state index contributed by atoms with van der Waals surface area (Å²) in [4.78, 5) is 36.3. The highest BCUT2D eigenvalue weighted by Gasteiger charge is 2.34. The molecule has 2 saturated carbocycles. The van der Waals surface area contributed by atoms with E-state index >= 15 is 0 Å². The van der Waals surface area contributed by atoms with Crippen molar-refractivity contribution in [2.24, 2.45) is 23.2 Å². The van der Waals surface area contributed by atoms with Crippen LogP contribution in [0.25, 0.3) is 0 Å². The molecule has 0 spiro atoms. The Balaban J connectivity index is 1.41. The summed E-state index contributed by atoms with van der Waals surface area (Å²) in [5.41, 5.74) is 2.35. The molecule has 0 radical (unpaired) electrons. The van der Waals surface area contributed by atoms with E-state index in [0.29, 0.717) is 23.1 Å². The number of benzene rings is 2. The molecule has 1 unspecified atom stereocenters. The van der Waals surface area contributed by atoms with E-state index in [4.69, 9.17) is 9.84 Å². The van der Waals surface area contributed by atoms with Crippen molar-refractivity contribution in [2.75, 3.05) is 18.5 Å². The van der Waals surface area contributed by atoms with E-state index in [9.17, 15) is 14.4 Å². The molecule has 0 bridgehead atoms. The minimum atomic E-state index is -0.957. The Morgan fingerprint density at radius 2 is 1.57 bits per heavy atom. The van der Waals surface area contributed by atoms with Gasteiger partial charge in [-0.25, -0.2) is 4.79 Å². The van der Waals surface area contributed by atoms with Gasteiger partial charge in [0.15, 0.2) is 0 Å². The highest BCUT2D eigenvalue weighted by atomic mass is 16.5. The zero-order valence-corrected chi connectivity index (χ0v) is 23.9. The van der Waals surface area contributed by atoms with E-state index < -0.39 is 5.97 Å². The Morgan fingerprint density at radius 3 is 2.15 bits per heavy atom. The van der Waals surface area contributed by atoms with Crippen LogP contribution in [-0.4, -0.2) is 36.2 Å². The lowest BCUT2D eigenvalue weighted by molar-refractivity contribution is -0.136. The van der Waals surface area contributed by atoms with E-state index in [2.05, 4.69) is 36.7 Å². The molecule has 3 amide bonds. The first-order valence-corrected chi connectivity index (χ1v) is 14.5. The molecular weight excluding hydrogens is 506 g/mol. The van der Waals surface area contributed by atoms with Crippen LogP contribution in [0.4, 0.5) is 10.5 Å². The molecule has 4 N–H and O–H groups in total. The van der Waals surface area contributed by atoms with Gasteiger partial charge in [0.1, 0.15) is 5.75 Å². The first-order chi connectivity index (χ1) is 19.1. The zero-order valence-electron chi connectivity index (χ0n) is 23.9. The third kappa shape index (κ3) is 8.73. The number of carboxylic acid groups (broad SMARTS) is 1. The number of aliphatic carboxylic acids is 1. The van der Waals surface area contributed by atoms with Gasteiger partial charge in [-0.15, -0.1) is 0 Å². The summed E-state index contributed by atoms with van der Waals surface area (Å²) < 4.78 is 5.80. The summed E-state index contributed by atoms with van der Waals surface area (Å²) >= 11 is 0. The minimum absolute atomic E-state index is 0.0743. The topological polar surface area (TPSA) is 117 Å². The van der Waals surface area contributed by atoms with Crippen molar-refractivity contribution in [3.05, 3.63) is 59.7 Å². The maximum Gasteiger partial charge on any atom is 0.319 e. The minimum Gasteiger partial charge on any atom is -0.493 e. The molecule has 0 heterocycles. The van der Waals surface area contributed by atoms with Crippen molar-refractivity contribution >= 4 is 23.6 Å². The van der Waals surface area contributed by atoms with Crippen molar-refractivity contribution in [3.63, 3.8) is 0 Å². The van der Waals surface area contributed by atoms with Crippen LogP contribution >= 0.6 is 0 Å². The Labute approximate surface area is 237 Å². The van der Waals surface area contributed by atoms with Gasteiger partial charge in [-0.2, -0.15) is 0 Å². The van der Waals surface area contributed by atoms with Crippen LogP contribution in [0.15, 0.2) is 48.5 Å². The molecular formula is C32H43N3O5. The fourth-order valence-corrected chi connectivity index (χ4v) is 5.46. The largest absolute Gasteiger partial charge is 0.493 e. The number of ether oxygens (including phenoxy) is 1. The molecule has 2 aromatic rings. The number of hydrogen-bond acceptors (Lipinski definition) is 4. The Bertz CT molecular complexity index is 1140. The second kappa shape index (κ2) is 13.2. The zero-order chi connectivity index (χ0) is 28.7. The monoisotopic (exact) mass is 549 g/mol.